The van der Waals surface area contributed by atoms with Crippen molar-refractivity contribution < 1.29 is 19.0 Å². The van der Waals surface area contributed by atoms with Crippen molar-refractivity contribution in [2.45, 2.75) is 6.92 Å². The summed E-state index contributed by atoms with van der Waals surface area (Å²) in [6.07, 6.45) is 1.82. The van der Waals surface area contributed by atoms with Crippen molar-refractivity contribution in [1.29, 1.82) is 0 Å². The van der Waals surface area contributed by atoms with Crippen molar-refractivity contribution in [3.8, 4) is 17.2 Å². The number of para-hydroxylation sites is 1. The van der Waals surface area contributed by atoms with Crippen LogP contribution in [0.15, 0.2) is 66.7 Å². The van der Waals surface area contributed by atoms with Gasteiger partial charge in [-0.3, -0.25) is 4.79 Å². The highest BCUT2D eigenvalue weighted by Gasteiger charge is 2.20. The van der Waals surface area contributed by atoms with Crippen molar-refractivity contribution in [3.63, 3.8) is 0 Å². The summed E-state index contributed by atoms with van der Waals surface area (Å²) in [6, 6.07) is 20.5. The van der Waals surface area contributed by atoms with Gasteiger partial charge in [0.05, 0.1) is 36.6 Å². The van der Waals surface area contributed by atoms with E-state index in [0.29, 0.717) is 34.3 Å². The van der Waals surface area contributed by atoms with Crippen molar-refractivity contribution in [2.75, 3.05) is 20.8 Å². The summed E-state index contributed by atoms with van der Waals surface area (Å²) in [5, 5.41) is 0.648. The highest BCUT2D eigenvalue weighted by Crippen LogP contribution is 2.34. The van der Waals surface area contributed by atoms with Gasteiger partial charge in [-0.25, -0.2) is 4.98 Å². The van der Waals surface area contributed by atoms with Gasteiger partial charge in [0.15, 0.2) is 5.78 Å². The first-order chi connectivity index (χ1) is 15.6. The Kier molecular flexibility index (Phi) is 6.52. The highest BCUT2D eigenvalue weighted by molar-refractivity contribution is 7.20. The number of carbonyl (C=O) groups is 1. The predicted molar refractivity (Wildman–Crippen MR) is 129 cm³/mol. The van der Waals surface area contributed by atoms with Crippen molar-refractivity contribution in [2.24, 2.45) is 0 Å². The number of ketones is 1. The average molecular weight is 446 g/mol. The van der Waals surface area contributed by atoms with Crippen molar-refractivity contribution in [3.05, 3.63) is 82.9 Å². The largest absolute Gasteiger partial charge is 0.497 e. The molecule has 1 aromatic heterocycles. The Morgan fingerprint density at radius 2 is 1.72 bits per heavy atom. The molecule has 0 fully saturated rings. The summed E-state index contributed by atoms with van der Waals surface area (Å²) in [7, 11) is 3.21. The van der Waals surface area contributed by atoms with Crippen molar-refractivity contribution >= 4 is 39.0 Å². The molecule has 0 radical (unpaired) electrons. The lowest BCUT2D eigenvalue weighted by Gasteiger charge is -2.10. The summed E-state index contributed by atoms with van der Waals surface area (Å²) in [4.78, 5) is 18.4. The minimum absolute atomic E-state index is 0.128. The number of carbonyl (C=O) groups excluding carboxylic acids is 1. The minimum Gasteiger partial charge on any atom is -0.497 e. The maximum atomic E-state index is 13.6. The van der Waals surface area contributed by atoms with Gasteiger partial charge >= 0.3 is 0 Å². The van der Waals surface area contributed by atoms with Crippen LogP contribution in [0.3, 0.4) is 0 Å². The first kappa shape index (κ1) is 21.6. The lowest BCUT2D eigenvalue weighted by molar-refractivity contribution is 0.105. The Bertz CT molecular complexity index is 1240. The van der Waals surface area contributed by atoms with Crippen LogP contribution in [0.5, 0.6) is 17.2 Å². The molecular formula is C26H23NO4S. The molecule has 5 nitrogen and oxygen atoms in total. The zero-order chi connectivity index (χ0) is 22.5. The molecule has 0 amide bonds. The van der Waals surface area contributed by atoms with Crippen LogP contribution in [0.25, 0.3) is 21.9 Å². The van der Waals surface area contributed by atoms with E-state index in [1.165, 1.54) is 11.3 Å². The molecule has 0 saturated carbocycles. The van der Waals surface area contributed by atoms with Crippen LogP contribution in [0.2, 0.25) is 0 Å². The number of fused-ring (bicyclic) bond motifs is 1. The fourth-order valence-corrected chi connectivity index (χ4v) is 4.32. The molecule has 4 aromatic rings. The number of nitrogens with zero attached hydrogens (tertiary/aromatic N) is 1. The lowest BCUT2D eigenvalue weighted by atomic mass is 10.0. The van der Waals surface area contributed by atoms with E-state index in [0.717, 1.165) is 21.5 Å². The number of hydrogen-bond acceptors (Lipinski definition) is 6. The molecule has 0 aliphatic heterocycles. The predicted octanol–water partition coefficient (Wildman–Crippen LogP) is 6.14. The molecule has 0 unspecified atom stereocenters. The van der Waals surface area contributed by atoms with Crippen LogP contribution in [0, 0.1) is 0 Å². The maximum Gasteiger partial charge on any atom is 0.196 e. The van der Waals surface area contributed by atoms with E-state index in [1.807, 2.05) is 55.5 Å². The Labute approximate surface area is 190 Å². The number of methoxy groups -OCH3 is 2. The van der Waals surface area contributed by atoms with Crippen LogP contribution in [-0.4, -0.2) is 31.6 Å². The highest BCUT2D eigenvalue weighted by atomic mass is 32.1. The minimum atomic E-state index is -0.128. The standard InChI is InChI=1S/C26H23NO4S/c1-4-31-19-11-9-17(10-12-19)25(28)21(26-27-22-7-5-6-8-24(22)32-26)16-18-15-20(29-2)13-14-23(18)30-3/h5-16H,4H2,1-3H3. The van der Waals surface area contributed by atoms with E-state index < -0.39 is 0 Å². The van der Waals surface area contributed by atoms with Gasteiger partial charge in [-0.05, 0) is 67.6 Å². The van der Waals surface area contributed by atoms with Crippen LogP contribution < -0.4 is 14.2 Å². The quantitative estimate of drug-likeness (QED) is 0.241. The number of benzene rings is 3. The smallest absolute Gasteiger partial charge is 0.196 e. The Balaban J connectivity index is 1.85. The fraction of sp³-hybridized carbons (Fsp3) is 0.154. The van der Waals surface area contributed by atoms with Gasteiger partial charge in [-0.2, -0.15) is 0 Å². The third kappa shape index (κ3) is 4.50. The van der Waals surface area contributed by atoms with E-state index in [2.05, 4.69) is 0 Å². The lowest BCUT2D eigenvalue weighted by Crippen LogP contribution is -2.03. The van der Waals surface area contributed by atoms with Gasteiger partial charge < -0.3 is 14.2 Å². The molecule has 0 aliphatic carbocycles. The summed E-state index contributed by atoms with van der Waals surface area (Å²) < 4.78 is 17.4. The Morgan fingerprint density at radius 1 is 0.969 bits per heavy atom. The number of rotatable bonds is 8. The second-order valence-electron chi connectivity index (χ2n) is 6.94. The maximum absolute atomic E-state index is 13.6. The monoisotopic (exact) mass is 445 g/mol. The molecule has 1 heterocycles. The van der Waals surface area contributed by atoms with Crippen LogP contribution in [-0.2, 0) is 0 Å². The second-order valence-corrected chi connectivity index (χ2v) is 7.97. The molecule has 3 aromatic carbocycles. The van der Waals surface area contributed by atoms with Gasteiger partial charge in [-0.1, -0.05) is 12.1 Å². The zero-order valence-electron chi connectivity index (χ0n) is 18.1. The summed E-state index contributed by atoms with van der Waals surface area (Å²) >= 11 is 1.49. The molecule has 0 N–H and O–H groups in total. The summed E-state index contributed by atoms with van der Waals surface area (Å²) in [5.74, 6) is 1.92. The molecule has 4 rings (SSSR count). The molecule has 0 bridgehead atoms. The first-order valence-corrected chi connectivity index (χ1v) is 11.0. The Hall–Kier alpha value is -3.64. The van der Waals surface area contributed by atoms with Crippen molar-refractivity contribution in [1.82, 2.24) is 4.98 Å². The zero-order valence-corrected chi connectivity index (χ0v) is 18.9. The first-order valence-electron chi connectivity index (χ1n) is 10.2. The fourth-order valence-electron chi connectivity index (χ4n) is 3.34. The van der Waals surface area contributed by atoms with E-state index in [9.17, 15) is 4.79 Å². The van der Waals surface area contributed by atoms with Gasteiger partial charge in [0.25, 0.3) is 0 Å². The molecule has 0 saturated heterocycles. The molecule has 0 aliphatic rings. The van der Waals surface area contributed by atoms with Crippen LogP contribution >= 0.6 is 11.3 Å². The van der Waals surface area contributed by atoms with Gasteiger partial charge in [0, 0.05) is 11.1 Å². The van der Waals surface area contributed by atoms with Crippen LogP contribution in [0.1, 0.15) is 27.9 Å². The number of hydrogen-bond donors (Lipinski definition) is 0. The molecule has 0 atom stereocenters. The third-order valence-corrected chi connectivity index (χ3v) is 6.00. The molecule has 6 heteroatoms. The van der Waals surface area contributed by atoms with E-state index in [1.54, 1.807) is 38.5 Å². The Morgan fingerprint density at radius 3 is 2.41 bits per heavy atom. The van der Waals surface area contributed by atoms with E-state index >= 15 is 0 Å². The average Bonchev–Trinajstić information content (AvgIpc) is 3.26. The van der Waals surface area contributed by atoms with Gasteiger partial charge in [0.1, 0.15) is 22.3 Å². The van der Waals surface area contributed by atoms with Crippen LogP contribution in [0.4, 0.5) is 0 Å². The number of Topliss-reactive ketones (excluding diaryl/α,β-unsaturated/α-hetero) is 1. The molecule has 0 spiro atoms. The number of ether oxygens (including phenoxy) is 3. The number of aromatic nitrogens is 1. The summed E-state index contributed by atoms with van der Waals surface area (Å²) in [6.45, 7) is 2.49. The van der Waals surface area contributed by atoms with E-state index in [4.69, 9.17) is 19.2 Å². The number of allylic oxidation sites excluding steroid dienone is 1. The molecule has 162 valence electrons. The number of thiazole rings is 1. The second kappa shape index (κ2) is 9.66. The third-order valence-electron chi connectivity index (χ3n) is 4.93. The molecule has 32 heavy (non-hydrogen) atoms. The van der Waals surface area contributed by atoms with E-state index in [-0.39, 0.29) is 5.78 Å². The van der Waals surface area contributed by atoms with Gasteiger partial charge in [0.2, 0.25) is 0 Å². The topological polar surface area (TPSA) is 57.7 Å². The summed E-state index contributed by atoms with van der Waals surface area (Å²) in [5.41, 5.74) is 2.64. The molecular weight excluding hydrogens is 422 g/mol. The SMILES string of the molecule is CCOc1ccc(C(=O)C(=Cc2cc(OC)ccc2OC)c2nc3ccccc3s2)cc1. The van der Waals surface area contributed by atoms with Gasteiger partial charge in [-0.15, -0.1) is 11.3 Å². The normalized spacial score (nSPS) is 11.4.